The Morgan fingerprint density at radius 1 is 0.967 bits per heavy atom. The molecule has 0 aromatic heterocycles. The second-order valence-electron chi connectivity index (χ2n) is 6.49. The first-order chi connectivity index (χ1) is 14.7. The van der Waals surface area contributed by atoms with E-state index >= 15 is 0 Å². The van der Waals surface area contributed by atoms with E-state index in [9.17, 15) is 4.79 Å². The molecule has 6 heteroatoms. The van der Waals surface area contributed by atoms with Crippen LogP contribution in [0.25, 0.3) is 0 Å². The Kier molecular flexibility index (Phi) is 10.1. The molecular weight excluding hydrogens is 382 g/mol. The average Bonchev–Trinajstić information content (AvgIpc) is 2.78. The van der Waals surface area contributed by atoms with Gasteiger partial charge in [0.2, 0.25) is 0 Å². The number of benzene rings is 2. The van der Waals surface area contributed by atoms with Crippen LogP contribution in [0.3, 0.4) is 0 Å². The maximum absolute atomic E-state index is 12.4. The van der Waals surface area contributed by atoms with Gasteiger partial charge in [-0.1, -0.05) is 31.2 Å². The summed E-state index contributed by atoms with van der Waals surface area (Å²) in [4.78, 5) is 12.4. The largest absolute Gasteiger partial charge is 0.490 e. The molecule has 0 saturated heterocycles. The molecule has 1 atom stereocenters. The molecule has 2 rings (SSSR count). The van der Waals surface area contributed by atoms with Crippen LogP contribution >= 0.6 is 0 Å². The zero-order valence-electron chi connectivity index (χ0n) is 17.8. The van der Waals surface area contributed by atoms with Crippen molar-refractivity contribution in [3.05, 3.63) is 59.7 Å². The van der Waals surface area contributed by atoms with E-state index in [4.69, 9.17) is 14.2 Å². The van der Waals surface area contributed by atoms with Gasteiger partial charge in [-0.15, -0.1) is 0 Å². The molecule has 0 saturated carbocycles. The van der Waals surface area contributed by atoms with Crippen molar-refractivity contribution in [1.82, 2.24) is 5.32 Å². The molecule has 0 fully saturated rings. The van der Waals surface area contributed by atoms with E-state index in [1.54, 1.807) is 0 Å². The van der Waals surface area contributed by atoms with Crippen LogP contribution in [0.2, 0.25) is 0 Å². The highest BCUT2D eigenvalue weighted by atomic mass is 16.5. The SMILES string of the molecule is CCc1ccc(OCC(OC)C(=O)NCCc2ccc(OCC#COC)cc2)cc1. The quantitative estimate of drug-likeness (QED) is 0.576. The van der Waals surface area contributed by atoms with E-state index in [-0.39, 0.29) is 19.1 Å². The fourth-order valence-corrected chi connectivity index (χ4v) is 2.66. The molecule has 2 aromatic carbocycles. The Morgan fingerprint density at radius 3 is 2.20 bits per heavy atom. The smallest absolute Gasteiger partial charge is 0.252 e. The van der Waals surface area contributed by atoms with Crippen LogP contribution in [0.15, 0.2) is 48.5 Å². The van der Waals surface area contributed by atoms with Gasteiger partial charge in [0.25, 0.3) is 5.91 Å². The highest BCUT2D eigenvalue weighted by Gasteiger charge is 2.18. The van der Waals surface area contributed by atoms with Crippen LogP contribution in [-0.4, -0.2) is 46.0 Å². The number of rotatable bonds is 11. The van der Waals surface area contributed by atoms with Gasteiger partial charge in [-0.05, 0) is 54.2 Å². The molecule has 1 N–H and O–H groups in total. The predicted octanol–water partition coefficient (Wildman–Crippen LogP) is 2.99. The number of amides is 1. The maximum atomic E-state index is 12.4. The standard InChI is InChI=1S/C24H29NO5/c1-4-19-6-10-22(11-7-19)30-18-23(28-3)24(26)25-15-14-20-8-12-21(13-9-20)29-17-5-16-27-2/h6-13,23H,4,14-15,17-18H2,1-3H3,(H,25,26). The summed E-state index contributed by atoms with van der Waals surface area (Å²) >= 11 is 0. The summed E-state index contributed by atoms with van der Waals surface area (Å²) in [7, 11) is 3.01. The first-order valence-electron chi connectivity index (χ1n) is 9.91. The van der Waals surface area contributed by atoms with E-state index in [0.29, 0.717) is 13.0 Å². The number of ether oxygens (including phenoxy) is 4. The second kappa shape index (κ2) is 13.1. The van der Waals surface area contributed by atoms with Crippen LogP contribution < -0.4 is 14.8 Å². The Balaban J connectivity index is 1.72. The number of hydrogen-bond donors (Lipinski definition) is 1. The number of methoxy groups -OCH3 is 2. The van der Waals surface area contributed by atoms with Crippen molar-refractivity contribution >= 4 is 5.91 Å². The second-order valence-corrected chi connectivity index (χ2v) is 6.49. The summed E-state index contributed by atoms with van der Waals surface area (Å²) in [5.74, 6) is 3.98. The lowest BCUT2D eigenvalue weighted by Gasteiger charge is -2.16. The molecular formula is C24H29NO5. The molecule has 2 aromatic rings. The molecule has 0 spiro atoms. The van der Waals surface area contributed by atoms with Gasteiger partial charge in [-0.2, -0.15) is 0 Å². The molecule has 1 unspecified atom stereocenters. The molecule has 160 valence electrons. The monoisotopic (exact) mass is 411 g/mol. The van der Waals surface area contributed by atoms with Crippen LogP contribution in [0.1, 0.15) is 18.1 Å². The first kappa shape index (κ1) is 23.1. The van der Waals surface area contributed by atoms with Gasteiger partial charge in [0, 0.05) is 13.7 Å². The zero-order valence-corrected chi connectivity index (χ0v) is 17.8. The number of carbonyl (C=O) groups is 1. The first-order valence-corrected chi connectivity index (χ1v) is 9.91. The van der Waals surface area contributed by atoms with Crippen molar-refractivity contribution in [1.29, 1.82) is 0 Å². The Hall–Kier alpha value is -3.17. The minimum Gasteiger partial charge on any atom is -0.490 e. The normalized spacial score (nSPS) is 11.0. The van der Waals surface area contributed by atoms with Crippen LogP contribution in [-0.2, 0) is 27.1 Å². The van der Waals surface area contributed by atoms with E-state index in [2.05, 4.69) is 29.0 Å². The fourth-order valence-electron chi connectivity index (χ4n) is 2.66. The van der Waals surface area contributed by atoms with Gasteiger partial charge < -0.3 is 24.3 Å². The third-order valence-electron chi connectivity index (χ3n) is 4.43. The molecule has 0 radical (unpaired) electrons. The third kappa shape index (κ3) is 8.06. The lowest BCUT2D eigenvalue weighted by atomic mass is 10.1. The number of hydrogen-bond acceptors (Lipinski definition) is 5. The number of carbonyl (C=O) groups excluding carboxylic acids is 1. The zero-order chi connectivity index (χ0) is 21.6. The van der Waals surface area contributed by atoms with Crippen molar-refractivity contribution in [2.24, 2.45) is 0 Å². The summed E-state index contributed by atoms with van der Waals surface area (Å²) in [6.45, 7) is 3.03. The average molecular weight is 411 g/mol. The van der Waals surface area contributed by atoms with Gasteiger partial charge in [-0.3, -0.25) is 4.79 Å². The molecule has 0 aliphatic rings. The van der Waals surface area contributed by atoms with Crippen LogP contribution in [0.5, 0.6) is 11.5 Å². The van der Waals surface area contributed by atoms with Gasteiger partial charge >= 0.3 is 0 Å². The molecule has 6 nitrogen and oxygen atoms in total. The number of aryl methyl sites for hydroxylation is 1. The summed E-state index contributed by atoms with van der Waals surface area (Å²) in [5.41, 5.74) is 2.33. The maximum Gasteiger partial charge on any atom is 0.252 e. The highest BCUT2D eigenvalue weighted by Crippen LogP contribution is 2.14. The molecule has 30 heavy (non-hydrogen) atoms. The number of nitrogens with one attached hydrogen (secondary N) is 1. The van der Waals surface area contributed by atoms with Crippen molar-refractivity contribution in [3.8, 4) is 23.5 Å². The van der Waals surface area contributed by atoms with E-state index in [1.807, 2.05) is 48.5 Å². The van der Waals surface area contributed by atoms with Gasteiger partial charge in [0.15, 0.2) is 12.7 Å². The highest BCUT2D eigenvalue weighted by molar-refractivity contribution is 5.80. The Morgan fingerprint density at radius 2 is 1.60 bits per heavy atom. The van der Waals surface area contributed by atoms with Gasteiger partial charge in [0.05, 0.1) is 7.11 Å². The van der Waals surface area contributed by atoms with Crippen LogP contribution in [0.4, 0.5) is 0 Å². The Bertz CT molecular complexity index is 821. The Labute approximate surface area is 178 Å². The summed E-state index contributed by atoms with van der Waals surface area (Å²) < 4.78 is 21.1. The summed E-state index contributed by atoms with van der Waals surface area (Å²) in [6, 6.07) is 15.5. The van der Waals surface area contributed by atoms with E-state index in [0.717, 1.165) is 23.5 Å². The molecule has 0 aliphatic heterocycles. The molecule has 0 aliphatic carbocycles. The third-order valence-corrected chi connectivity index (χ3v) is 4.43. The van der Waals surface area contributed by atoms with E-state index in [1.165, 1.54) is 19.8 Å². The van der Waals surface area contributed by atoms with Crippen molar-refractivity contribution in [2.45, 2.75) is 25.9 Å². The summed E-state index contributed by atoms with van der Waals surface area (Å²) in [6.07, 6.45) is 3.48. The van der Waals surface area contributed by atoms with Crippen LogP contribution in [0, 0.1) is 12.0 Å². The minimum absolute atomic E-state index is 0.159. The summed E-state index contributed by atoms with van der Waals surface area (Å²) in [5, 5.41) is 2.89. The van der Waals surface area contributed by atoms with E-state index < -0.39 is 6.10 Å². The van der Waals surface area contributed by atoms with Crippen molar-refractivity contribution < 1.29 is 23.7 Å². The topological polar surface area (TPSA) is 66.0 Å². The molecule has 0 heterocycles. The lowest BCUT2D eigenvalue weighted by molar-refractivity contribution is -0.132. The van der Waals surface area contributed by atoms with Crippen molar-refractivity contribution in [3.63, 3.8) is 0 Å². The molecule has 0 bridgehead atoms. The minimum atomic E-state index is -0.667. The van der Waals surface area contributed by atoms with Gasteiger partial charge in [-0.25, -0.2) is 0 Å². The molecule has 1 amide bonds. The lowest BCUT2D eigenvalue weighted by Crippen LogP contribution is -2.40. The predicted molar refractivity (Wildman–Crippen MR) is 116 cm³/mol. The van der Waals surface area contributed by atoms with Crippen molar-refractivity contribution in [2.75, 3.05) is 34.0 Å². The van der Waals surface area contributed by atoms with Gasteiger partial charge in [0.1, 0.15) is 24.2 Å². The fraction of sp³-hybridized carbons (Fsp3) is 0.375.